The highest BCUT2D eigenvalue weighted by Crippen LogP contribution is 2.17. The summed E-state index contributed by atoms with van der Waals surface area (Å²) in [6.07, 6.45) is 6.62. The molecule has 0 saturated carbocycles. The van der Waals surface area contributed by atoms with Crippen LogP contribution in [-0.4, -0.2) is 35.3 Å². The number of carbonyl (C=O) groups excluding carboxylic acids is 1. The molecule has 4 aromatic rings. The lowest BCUT2D eigenvalue weighted by atomic mass is 10.3. The number of hydrogen-bond donors (Lipinski definition) is 1. The van der Waals surface area contributed by atoms with Crippen molar-refractivity contribution in [2.45, 2.75) is 13.8 Å². The highest BCUT2D eigenvalue weighted by atomic mass is 16.1. The Balaban J connectivity index is 1.69. The maximum Gasteiger partial charge on any atom is 0.262 e. The number of anilines is 1. The monoisotopic (exact) mass is 333 g/mol. The Hall–Kier alpha value is -3.55. The second-order valence-electron chi connectivity index (χ2n) is 5.68. The molecule has 0 radical (unpaired) electrons. The maximum atomic E-state index is 12.7. The zero-order valence-electron chi connectivity index (χ0n) is 13.7. The number of nitrogens with zero attached hydrogens (tertiary/aromatic N) is 6. The lowest BCUT2D eigenvalue weighted by molar-refractivity contribution is 0.102. The molecule has 0 aromatic carbocycles. The van der Waals surface area contributed by atoms with Crippen LogP contribution in [0.5, 0.6) is 0 Å². The second-order valence-corrected chi connectivity index (χ2v) is 5.68. The molecule has 0 spiro atoms. The zero-order valence-corrected chi connectivity index (χ0v) is 13.7. The second kappa shape index (κ2) is 5.82. The first-order valence-electron chi connectivity index (χ1n) is 7.71. The summed E-state index contributed by atoms with van der Waals surface area (Å²) in [5, 5.41) is 11.4. The Morgan fingerprint density at radius 2 is 2.04 bits per heavy atom. The van der Waals surface area contributed by atoms with E-state index < -0.39 is 0 Å². The van der Waals surface area contributed by atoms with Crippen LogP contribution in [0.25, 0.3) is 11.5 Å². The van der Waals surface area contributed by atoms with Crippen molar-refractivity contribution in [2.75, 3.05) is 5.32 Å². The fourth-order valence-corrected chi connectivity index (χ4v) is 2.52. The van der Waals surface area contributed by atoms with Crippen LogP contribution in [0.2, 0.25) is 0 Å². The van der Waals surface area contributed by atoms with Gasteiger partial charge >= 0.3 is 0 Å². The highest BCUT2D eigenvalue weighted by molar-refractivity contribution is 6.07. The lowest BCUT2D eigenvalue weighted by Gasteiger charge is -2.07. The van der Waals surface area contributed by atoms with E-state index in [0.29, 0.717) is 22.8 Å². The molecule has 1 amide bonds. The Labute approximate surface area is 143 Å². The van der Waals surface area contributed by atoms with Crippen LogP contribution in [0.15, 0.2) is 49.1 Å². The predicted molar refractivity (Wildman–Crippen MR) is 91.8 cm³/mol. The van der Waals surface area contributed by atoms with Crippen molar-refractivity contribution in [1.82, 2.24) is 29.4 Å². The van der Waals surface area contributed by atoms with Crippen molar-refractivity contribution in [3.8, 4) is 5.82 Å². The summed E-state index contributed by atoms with van der Waals surface area (Å²) in [5.74, 6) is 0.864. The molecule has 0 aliphatic carbocycles. The van der Waals surface area contributed by atoms with E-state index in [-0.39, 0.29) is 5.91 Å². The van der Waals surface area contributed by atoms with Gasteiger partial charge in [-0.05, 0) is 31.5 Å². The summed E-state index contributed by atoms with van der Waals surface area (Å²) in [4.78, 5) is 21.2. The van der Waals surface area contributed by atoms with Gasteiger partial charge in [0.1, 0.15) is 11.4 Å². The third-order valence-electron chi connectivity index (χ3n) is 3.71. The van der Waals surface area contributed by atoms with Crippen LogP contribution >= 0.6 is 0 Å². The van der Waals surface area contributed by atoms with Crippen LogP contribution in [-0.2, 0) is 0 Å². The van der Waals surface area contributed by atoms with Crippen molar-refractivity contribution in [2.24, 2.45) is 0 Å². The first-order valence-corrected chi connectivity index (χ1v) is 7.71. The summed E-state index contributed by atoms with van der Waals surface area (Å²) in [6.45, 7) is 3.82. The van der Waals surface area contributed by atoms with Gasteiger partial charge in [0.25, 0.3) is 5.91 Å². The lowest BCUT2D eigenvalue weighted by Crippen LogP contribution is -2.15. The summed E-state index contributed by atoms with van der Waals surface area (Å²) in [7, 11) is 0. The topological polar surface area (TPSA) is 90.0 Å². The summed E-state index contributed by atoms with van der Waals surface area (Å²) in [6, 6.07) is 7.34. The number of carbonyl (C=O) groups is 1. The highest BCUT2D eigenvalue weighted by Gasteiger charge is 2.17. The molecule has 4 rings (SSSR count). The fraction of sp³-hybridized carbons (Fsp3) is 0.118. The normalized spacial score (nSPS) is 11.0. The van der Waals surface area contributed by atoms with Gasteiger partial charge in [-0.1, -0.05) is 6.07 Å². The Morgan fingerprint density at radius 1 is 1.16 bits per heavy atom. The van der Waals surface area contributed by atoms with Gasteiger partial charge in [0.05, 0.1) is 11.9 Å². The third-order valence-corrected chi connectivity index (χ3v) is 3.71. The molecule has 25 heavy (non-hydrogen) atoms. The number of rotatable bonds is 3. The van der Waals surface area contributed by atoms with Crippen molar-refractivity contribution < 1.29 is 4.79 Å². The van der Waals surface area contributed by atoms with Gasteiger partial charge in [0, 0.05) is 24.7 Å². The van der Waals surface area contributed by atoms with Crippen LogP contribution < -0.4 is 5.32 Å². The third kappa shape index (κ3) is 2.74. The van der Waals surface area contributed by atoms with E-state index in [1.807, 2.05) is 26.0 Å². The molecule has 0 fully saturated rings. The quantitative estimate of drug-likeness (QED) is 0.620. The van der Waals surface area contributed by atoms with Crippen LogP contribution in [0.4, 0.5) is 5.82 Å². The average Bonchev–Trinajstić information content (AvgIpc) is 3.19. The summed E-state index contributed by atoms with van der Waals surface area (Å²) >= 11 is 0. The predicted octanol–water partition coefficient (Wildman–Crippen LogP) is 2.18. The molecule has 8 heteroatoms. The van der Waals surface area contributed by atoms with Crippen LogP contribution in [0.1, 0.15) is 21.6 Å². The van der Waals surface area contributed by atoms with Crippen molar-refractivity contribution in [3.05, 3.63) is 65.9 Å². The minimum absolute atomic E-state index is 0.304. The van der Waals surface area contributed by atoms with Gasteiger partial charge in [-0.15, -0.1) is 0 Å². The molecule has 8 nitrogen and oxygen atoms in total. The number of pyridine rings is 1. The van der Waals surface area contributed by atoms with Crippen molar-refractivity contribution in [1.29, 1.82) is 0 Å². The zero-order chi connectivity index (χ0) is 17.4. The standard InChI is InChI=1S/C17H15N7O/c1-11-4-5-14(19-9-11)24-15(8-12(2)22-24)21-17(25)13-10-20-23-7-3-6-18-16(13)23/h3-10H,1-2H3,(H,21,25). The molecule has 0 bridgehead atoms. The van der Waals surface area contributed by atoms with Gasteiger partial charge in [0.15, 0.2) is 11.5 Å². The van der Waals surface area contributed by atoms with Crippen molar-refractivity contribution >= 4 is 17.4 Å². The number of amides is 1. The van der Waals surface area contributed by atoms with E-state index >= 15 is 0 Å². The molecule has 0 saturated heterocycles. The van der Waals surface area contributed by atoms with Gasteiger partial charge < -0.3 is 5.32 Å². The SMILES string of the molecule is Cc1ccc(-n2nc(C)cc2NC(=O)c2cnn3cccnc23)nc1. The molecule has 1 N–H and O–H groups in total. The summed E-state index contributed by atoms with van der Waals surface area (Å²) in [5.41, 5.74) is 2.71. The molecule has 124 valence electrons. The molecule has 0 atom stereocenters. The molecule has 0 aliphatic heterocycles. The fourth-order valence-electron chi connectivity index (χ4n) is 2.52. The minimum Gasteiger partial charge on any atom is -0.306 e. The maximum absolute atomic E-state index is 12.7. The molecule has 0 aliphatic rings. The van der Waals surface area contributed by atoms with E-state index in [4.69, 9.17) is 0 Å². The van der Waals surface area contributed by atoms with E-state index in [1.54, 1.807) is 39.9 Å². The van der Waals surface area contributed by atoms with Gasteiger partial charge in [-0.2, -0.15) is 14.9 Å². The number of nitrogens with one attached hydrogen (secondary N) is 1. The smallest absolute Gasteiger partial charge is 0.262 e. The van der Waals surface area contributed by atoms with E-state index in [0.717, 1.165) is 11.3 Å². The number of aryl methyl sites for hydroxylation is 2. The minimum atomic E-state index is -0.304. The van der Waals surface area contributed by atoms with E-state index in [9.17, 15) is 4.79 Å². The molecule has 4 aromatic heterocycles. The largest absolute Gasteiger partial charge is 0.306 e. The van der Waals surface area contributed by atoms with Crippen molar-refractivity contribution in [3.63, 3.8) is 0 Å². The van der Waals surface area contributed by atoms with Crippen LogP contribution in [0, 0.1) is 13.8 Å². The van der Waals surface area contributed by atoms with Gasteiger partial charge in [0.2, 0.25) is 0 Å². The first kappa shape index (κ1) is 15.0. The summed E-state index contributed by atoms with van der Waals surface area (Å²) < 4.78 is 3.16. The number of aromatic nitrogens is 6. The Morgan fingerprint density at radius 3 is 2.84 bits per heavy atom. The van der Waals surface area contributed by atoms with E-state index in [2.05, 4.69) is 25.5 Å². The number of fused-ring (bicyclic) bond motifs is 1. The Bertz CT molecular complexity index is 1060. The van der Waals surface area contributed by atoms with Gasteiger partial charge in [-0.3, -0.25) is 4.79 Å². The first-order chi connectivity index (χ1) is 12.1. The number of hydrogen-bond acceptors (Lipinski definition) is 5. The van der Waals surface area contributed by atoms with E-state index in [1.165, 1.54) is 6.20 Å². The van der Waals surface area contributed by atoms with Gasteiger partial charge in [-0.25, -0.2) is 14.5 Å². The molecule has 0 unspecified atom stereocenters. The van der Waals surface area contributed by atoms with Crippen LogP contribution in [0.3, 0.4) is 0 Å². The Kier molecular flexibility index (Phi) is 3.50. The molecule has 4 heterocycles. The molecular weight excluding hydrogens is 318 g/mol. The molecular formula is C17H15N7O. The average molecular weight is 333 g/mol.